The van der Waals surface area contributed by atoms with Gasteiger partial charge < -0.3 is 9.47 Å². The molecular weight excluding hydrogens is 324 g/mol. The highest BCUT2D eigenvalue weighted by Crippen LogP contribution is 2.24. The first-order chi connectivity index (χ1) is 9.26. The van der Waals surface area contributed by atoms with Crippen LogP contribution in [0.3, 0.4) is 0 Å². The van der Waals surface area contributed by atoms with Crippen LogP contribution in [-0.2, 0) is 9.47 Å². The van der Waals surface area contributed by atoms with E-state index in [0.717, 1.165) is 0 Å². The Kier molecular flexibility index (Phi) is 5.74. The molecule has 0 bridgehead atoms. The molecule has 0 aliphatic heterocycles. The van der Waals surface area contributed by atoms with Gasteiger partial charge in [-0.25, -0.2) is 9.59 Å². The third-order valence-electron chi connectivity index (χ3n) is 2.35. The van der Waals surface area contributed by atoms with Crippen LogP contribution in [0.2, 0.25) is 0 Å². The molecule has 0 amide bonds. The maximum atomic E-state index is 12.2. The highest BCUT2D eigenvalue weighted by Gasteiger charge is 2.23. The molecule has 4 nitrogen and oxygen atoms in total. The van der Waals surface area contributed by atoms with Crippen molar-refractivity contribution in [1.29, 1.82) is 0 Å². The standard InChI is InChI=1S/C15H19BrO4/c1-5-19-13(17)10-7-6-8-11(16)12(10)14(18)20-9-15(2,3)4/h6-8H,5,9H2,1-4H3. The number of esters is 2. The molecule has 0 unspecified atom stereocenters. The molecule has 1 aromatic carbocycles. The van der Waals surface area contributed by atoms with Crippen molar-refractivity contribution in [3.05, 3.63) is 33.8 Å². The maximum Gasteiger partial charge on any atom is 0.340 e. The van der Waals surface area contributed by atoms with Crippen LogP contribution in [0, 0.1) is 5.41 Å². The minimum atomic E-state index is -0.532. The van der Waals surface area contributed by atoms with Gasteiger partial charge in [0.2, 0.25) is 0 Å². The predicted octanol–water partition coefficient (Wildman–Crippen LogP) is 3.83. The fourth-order valence-electron chi connectivity index (χ4n) is 1.46. The van der Waals surface area contributed by atoms with Crippen molar-refractivity contribution < 1.29 is 19.1 Å². The highest BCUT2D eigenvalue weighted by atomic mass is 79.9. The van der Waals surface area contributed by atoms with E-state index in [1.54, 1.807) is 25.1 Å². The summed E-state index contributed by atoms with van der Waals surface area (Å²) in [4.78, 5) is 24.1. The van der Waals surface area contributed by atoms with E-state index in [0.29, 0.717) is 4.47 Å². The number of rotatable bonds is 4. The average Bonchev–Trinajstić information content (AvgIpc) is 2.35. The Morgan fingerprint density at radius 2 is 1.80 bits per heavy atom. The number of hydrogen-bond donors (Lipinski definition) is 0. The van der Waals surface area contributed by atoms with Gasteiger partial charge in [0.05, 0.1) is 24.3 Å². The van der Waals surface area contributed by atoms with E-state index in [1.165, 1.54) is 0 Å². The van der Waals surface area contributed by atoms with Crippen molar-refractivity contribution in [1.82, 2.24) is 0 Å². The van der Waals surface area contributed by atoms with Crippen LogP contribution >= 0.6 is 15.9 Å². The topological polar surface area (TPSA) is 52.6 Å². The molecule has 1 aromatic rings. The zero-order chi connectivity index (χ0) is 15.3. The van der Waals surface area contributed by atoms with Gasteiger partial charge in [-0.2, -0.15) is 0 Å². The van der Waals surface area contributed by atoms with Crippen LogP contribution in [0.15, 0.2) is 22.7 Å². The molecule has 0 spiro atoms. The second-order valence-electron chi connectivity index (χ2n) is 5.52. The second kappa shape index (κ2) is 6.88. The first-order valence-electron chi connectivity index (χ1n) is 6.39. The van der Waals surface area contributed by atoms with Crippen LogP contribution in [0.1, 0.15) is 48.4 Å². The summed E-state index contributed by atoms with van der Waals surface area (Å²) in [5, 5.41) is 0. The number of ether oxygens (including phenoxy) is 2. The van der Waals surface area contributed by atoms with E-state index in [2.05, 4.69) is 15.9 Å². The zero-order valence-corrected chi connectivity index (χ0v) is 13.7. The first kappa shape index (κ1) is 16.7. The Morgan fingerprint density at radius 3 is 2.35 bits per heavy atom. The third kappa shape index (κ3) is 4.63. The SMILES string of the molecule is CCOC(=O)c1cccc(Br)c1C(=O)OCC(C)(C)C. The van der Waals surface area contributed by atoms with Gasteiger partial charge in [0, 0.05) is 4.47 Å². The summed E-state index contributed by atoms with van der Waals surface area (Å²) in [7, 11) is 0. The normalized spacial score (nSPS) is 11.1. The summed E-state index contributed by atoms with van der Waals surface area (Å²) in [5.74, 6) is -1.06. The van der Waals surface area contributed by atoms with Crippen LogP contribution < -0.4 is 0 Å². The molecule has 0 aliphatic rings. The van der Waals surface area contributed by atoms with E-state index < -0.39 is 11.9 Å². The fourth-order valence-corrected chi connectivity index (χ4v) is 1.99. The minimum Gasteiger partial charge on any atom is -0.462 e. The summed E-state index contributed by atoms with van der Waals surface area (Å²) in [6.45, 7) is 8.14. The lowest BCUT2D eigenvalue weighted by atomic mass is 9.98. The van der Waals surface area contributed by atoms with Crippen molar-refractivity contribution in [3.8, 4) is 0 Å². The number of halogens is 1. The van der Waals surface area contributed by atoms with Crippen LogP contribution in [0.5, 0.6) is 0 Å². The number of hydrogen-bond acceptors (Lipinski definition) is 4. The van der Waals surface area contributed by atoms with Gasteiger partial charge in [0.15, 0.2) is 0 Å². The zero-order valence-electron chi connectivity index (χ0n) is 12.2. The lowest BCUT2D eigenvalue weighted by Gasteiger charge is -2.18. The third-order valence-corrected chi connectivity index (χ3v) is 3.01. The lowest BCUT2D eigenvalue weighted by molar-refractivity contribution is 0.0353. The largest absolute Gasteiger partial charge is 0.462 e. The molecule has 0 saturated carbocycles. The van der Waals surface area contributed by atoms with Gasteiger partial charge in [-0.05, 0) is 40.4 Å². The summed E-state index contributed by atoms with van der Waals surface area (Å²) >= 11 is 3.28. The molecule has 0 fully saturated rings. The smallest absolute Gasteiger partial charge is 0.340 e. The van der Waals surface area contributed by atoms with Crippen LogP contribution in [-0.4, -0.2) is 25.2 Å². The quantitative estimate of drug-likeness (QED) is 0.780. The van der Waals surface area contributed by atoms with Crippen molar-refractivity contribution in [2.24, 2.45) is 5.41 Å². The molecule has 110 valence electrons. The van der Waals surface area contributed by atoms with E-state index in [1.807, 2.05) is 20.8 Å². The van der Waals surface area contributed by atoms with E-state index in [9.17, 15) is 9.59 Å². The van der Waals surface area contributed by atoms with Gasteiger partial charge in [-0.1, -0.05) is 26.8 Å². The summed E-state index contributed by atoms with van der Waals surface area (Å²) < 4.78 is 10.7. The molecule has 0 atom stereocenters. The average molecular weight is 343 g/mol. The molecule has 5 heteroatoms. The molecule has 1 rings (SSSR count). The Bertz CT molecular complexity index is 503. The maximum absolute atomic E-state index is 12.2. The van der Waals surface area contributed by atoms with Gasteiger partial charge in [0.25, 0.3) is 0 Å². The van der Waals surface area contributed by atoms with Gasteiger partial charge in [-0.3, -0.25) is 0 Å². The Hall–Kier alpha value is -1.36. The number of carbonyl (C=O) groups excluding carboxylic acids is 2. The van der Waals surface area contributed by atoms with Crippen molar-refractivity contribution >= 4 is 27.9 Å². The Balaban J connectivity index is 3.03. The highest BCUT2D eigenvalue weighted by molar-refractivity contribution is 9.10. The Morgan fingerprint density at radius 1 is 1.15 bits per heavy atom. The van der Waals surface area contributed by atoms with Gasteiger partial charge in [-0.15, -0.1) is 0 Å². The summed E-state index contributed by atoms with van der Waals surface area (Å²) in [6, 6.07) is 4.92. The Labute approximate surface area is 127 Å². The van der Waals surface area contributed by atoms with E-state index >= 15 is 0 Å². The molecular formula is C15H19BrO4. The minimum absolute atomic E-state index is 0.138. The monoisotopic (exact) mass is 342 g/mol. The second-order valence-corrected chi connectivity index (χ2v) is 6.37. The molecule has 0 aromatic heterocycles. The van der Waals surface area contributed by atoms with Gasteiger partial charge >= 0.3 is 11.9 Å². The summed E-state index contributed by atoms with van der Waals surface area (Å²) in [5.41, 5.74) is 0.274. The lowest BCUT2D eigenvalue weighted by Crippen LogP contribution is -2.20. The molecule has 20 heavy (non-hydrogen) atoms. The number of carbonyl (C=O) groups is 2. The van der Waals surface area contributed by atoms with Crippen LogP contribution in [0.4, 0.5) is 0 Å². The predicted molar refractivity (Wildman–Crippen MR) is 79.8 cm³/mol. The number of benzene rings is 1. The van der Waals surface area contributed by atoms with E-state index in [4.69, 9.17) is 9.47 Å². The molecule has 0 aliphatic carbocycles. The van der Waals surface area contributed by atoms with Crippen LogP contribution in [0.25, 0.3) is 0 Å². The van der Waals surface area contributed by atoms with Crippen molar-refractivity contribution in [2.75, 3.05) is 13.2 Å². The molecule has 0 heterocycles. The molecule has 0 N–H and O–H groups in total. The van der Waals surface area contributed by atoms with Crippen molar-refractivity contribution in [2.45, 2.75) is 27.7 Å². The first-order valence-corrected chi connectivity index (χ1v) is 7.18. The molecule has 0 radical (unpaired) electrons. The fraction of sp³-hybridized carbons (Fsp3) is 0.467. The molecule has 0 saturated heterocycles. The van der Waals surface area contributed by atoms with Gasteiger partial charge in [0.1, 0.15) is 0 Å². The van der Waals surface area contributed by atoms with E-state index in [-0.39, 0.29) is 29.8 Å². The van der Waals surface area contributed by atoms with Crippen molar-refractivity contribution in [3.63, 3.8) is 0 Å². The summed E-state index contributed by atoms with van der Waals surface area (Å²) in [6.07, 6.45) is 0.